The zero-order valence-electron chi connectivity index (χ0n) is 19.7. The molecule has 0 aromatic heterocycles. The molecule has 0 fully saturated rings. The maximum atomic E-state index is 5.19. The summed E-state index contributed by atoms with van der Waals surface area (Å²) in [5, 5.41) is 5.29. The summed E-state index contributed by atoms with van der Waals surface area (Å²) in [5.41, 5.74) is 3.17. The summed E-state index contributed by atoms with van der Waals surface area (Å²) >= 11 is 5.19. The molecule has 5 aromatic rings. The molecule has 1 nitrogen and oxygen atoms in total. The normalized spacial score (nSPS) is 11.6. The highest BCUT2D eigenvalue weighted by Gasteiger charge is 2.42. The Hall–Kier alpha value is -3.66. The molecule has 0 saturated heterocycles. The maximum Gasteiger partial charge on any atom is 0.180 e. The third-order valence-corrected chi connectivity index (χ3v) is 11.9. The van der Waals surface area contributed by atoms with Crippen molar-refractivity contribution in [2.75, 3.05) is 0 Å². The monoisotopic (exact) mass is 485 g/mol. The van der Waals surface area contributed by atoms with Crippen LogP contribution in [0.1, 0.15) is 11.1 Å². The first-order valence-corrected chi connectivity index (χ1v) is 14.2. The molecule has 5 aromatic carbocycles. The van der Waals surface area contributed by atoms with Gasteiger partial charge < -0.3 is 0 Å². The van der Waals surface area contributed by atoms with Gasteiger partial charge in [0.1, 0.15) is 0 Å². The Morgan fingerprint density at radius 3 is 1.49 bits per heavy atom. The van der Waals surface area contributed by atoms with E-state index >= 15 is 0 Å². The molecule has 0 aliphatic heterocycles. The van der Waals surface area contributed by atoms with Gasteiger partial charge in [0, 0.05) is 16.7 Å². The van der Waals surface area contributed by atoms with Crippen LogP contribution in [-0.4, -0.2) is 14.3 Å². The van der Waals surface area contributed by atoms with Crippen molar-refractivity contribution in [2.24, 2.45) is 4.99 Å². The third kappa shape index (κ3) is 4.53. The van der Waals surface area contributed by atoms with Crippen LogP contribution in [-0.2, 0) is 0 Å². The fourth-order valence-corrected chi connectivity index (χ4v) is 10.5. The Kier molecular flexibility index (Phi) is 6.80. The van der Waals surface area contributed by atoms with Crippen LogP contribution in [0, 0.1) is 6.92 Å². The van der Waals surface area contributed by atoms with E-state index in [-0.39, 0.29) is 0 Å². The molecule has 0 unspecified atom stereocenters. The quantitative estimate of drug-likeness (QED) is 0.143. The van der Waals surface area contributed by atoms with Gasteiger partial charge in [0.05, 0.1) is 5.69 Å². The molecule has 0 heterocycles. The summed E-state index contributed by atoms with van der Waals surface area (Å²) in [4.78, 5) is 5.75. The number of aryl methyl sites for hydroxylation is 1. The minimum absolute atomic E-state index is 0.931. The van der Waals surface area contributed by atoms with Gasteiger partial charge in [-0.3, -0.25) is 4.99 Å². The van der Waals surface area contributed by atoms with Crippen LogP contribution in [0.15, 0.2) is 143 Å². The molecule has 5 rings (SSSR count). The van der Waals surface area contributed by atoms with E-state index in [0.717, 1.165) is 16.1 Å². The van der Waals surface area contributed by atoms with E-state index in [1.54, 1.807) is 0 Å². The Balaban J connectivity index is 1.83. The van der Waals surface area contributed by atoms with Gasteiger partial charge in [-0.05, 0) is 45.9 Å². The van der Waals surface area contributed by atoms with Crippen LogP contribution >= 0.6 is 12.6 Å². The second-order valence-electron chi connectivity index (χ2n) is 8.69. The molecule has 0 saturated carbocycles. The van der Waals surface area contributed by atoms with Gasteiger partial charge >= 0.3 is 0 Å². The lowest BCUT2D eigenvalue weighted by Crippen LogP contribution is -2.75. The fourth-order valence-electron chi connectivity index (χ4n) is 4.88. The zero-order chi connectivity index (χ0) is 24.1. The van der Waals surface area contributed by atoms with Crippen molar-refractivity contribution in [1.82, 2.24) is 0 Å². The van der Waals surface area contributed by atoms with Gasteiger partial charge in [-0.25, -0.2) is 0 Å². The number of nitrogens with zero attached hydrogens (tertiary/aromatic N) is 1. The smallest absolute Gasteiger partial charge is 0.180 e. The van der Waals surface area contributed by atoms with Crippen molar-refractivity contribution in [3.8, 4) is 0 Å². The Morgan fingerprint density at radius 2 is 1.03 bits per heavy atom. The number of aliphatic imine (C=N–C) groups is 1. The van der Waals surface area contributed by atoms with E-state index in [1.807, 2.05) is 36.5 Å². The third-order valence-electron chi connectivity index (χ3n) is 6.42. The lowest BCUT2D eigenvalue weighted by molar-refractivity contribution is 1.39. The number of hydrogen-bond donors (Lipinski definition) is 1. The number of benzene rings is 5. The minimum atomic E-state index is -2.65. The molecule has 0 atom stereocenters. The molecular formula is C32H27NSSi. The van der Waals surface area contributed by atoms with Gasteiger partial charge in [0.25, 0.3) is 0 Å². The Morgan fingerprint density at radius 1 is 0.600 bits per heavy atom. The SMILES string of the molecule is Cc1cc(C=Nc2ccccc2)c(S)c([Si](c2ccccc2)(c2ccccc2)c2ccccc2)c1. The summed E-state index contributed by atoms with van der Waals surface area (Å²) in [6.07, 6.45) is 1.95. The van der Waals surface area contributed by atoms with Crippen LogP contribution < -0.4 is 20.7 Å². The second kappa shape index (κ2) is 10.3. The number of thiol groups is 1. The summed E-state index contributed by atoms with van der Waals surface area (Å²) in [7, 11) is -2.65. The van der Waals surface area contributed by atoms with Crippen LogP contribution in [0.3, 0.4) is 0 Å². The lowest BCUT2D eigenvalue weighted by atomic mass is 10.1. The molecule has 170 valence electrons. The molecule has 0 radical (unpaired) electrons. The van der Waals surface area contributed by atoms with Gasteiger partial charge in [0.2, 0.25) is 0 Å². The first kappa shape index (κ1) is 23.1. The van der Waals surface area contributed by atoms with E-state index in [1.165, 1.54) is 26.3 Å². The van der Waals surface area contributed by atoms with E-state index in [4.69, 9.17) is 17.6 Å². The molecule has 0 aliphatic rings. The van der Waals surface area contributed by atoms with E-state index < -0.39 is 8.07 Å². The summed E-state index contributed by atoms with van der Waals surface area (Å²) in [6.45, 7) is 2.16. The molecule has 0 aliphatic carbocycles. The highest BCUT2D eigenvalue weighted by molar-refractivity contribution is 7.80. The van der Waals surface area contributed by atoms with Crippen molar-refractivity contribution >= 4 is 53.4 Å². The Labute approximate surface area is 214 Å². The maximum absolute atomic E-state index is 5.19. The van der Waals surface area contributed by atoms with Crippen LogP contribution in [0.4, 0.5) is 5.69 Å². The van der Waals surface area contributed by atoms with Crippen LogP contribution in [0.2, 0.25) is 0 Å². The van der Waals surface area contributed by atoms with E-state index in [9.17, 15) is 0 Å². The highest BCUT2D eigenvalue weighted by atomic mass is 32.1. The number of hydrogen-bond acceptors (Lipinski definition) is 2. The van der Waals surface area contributed by atoms with Crippen molar-refractivity contribution in [1.29, 1.82) is 0 Å². The second-order valence-corrected chi connectivity index (χ2v) is 12.9. The molecule has 0 bridgehead atoms. The molecule has 0 amide bonds. The van der Waals surface area contributed by atoms with Gasteiger partial charge in [-0.2, -0.15) is 0 Å². The first-order chi connectivity index (χ1) is 17.2. The lowest BCUT2D eigenvalue weighted by Gasteiger charge is -2.36. The average molecular weight is 486 g/mol. The zero-order valence-corrected chi connectivity index (χ0v) is 21.6. The van der Waals surface area contributed by atoms with Crippen LogP contribution in [0.25, 0.3) is 0 Å². The van der Waals surface area contributed by atoms with Crippen molar-refractivity contribution in [3.05, 3.63) is 145 Å². The van der Waals surface area contributed by atoms with Gasteiger partial charge in [0.15, 0.2) is 8.07 Å². The summed E-state index contributed by atoms with van der Waals surface area (Å²) in [6, 6.07) is 47.4. The Bertz CT molecular complexity index is 1340. The summed E-state index contributed by atoms with van der Waals surface area (Å²) < 4.78 is 0. The predicted octanol–water partition coefficient (Wildman–Crippen LogP) is 5.41. The first-order valence-electron chi connectivity index (χ1n) is 11.8. The molecular weight excluding hydrogens is 459 g/mol. The average Bonchev–Trinajstić information content (AvgIpc) is 2.92. The van der Waals surface area contributed by atoms with Gasteiger partial charge in [-0.15, -0.1) is 12.6 Å². The molecule has 0 spiro atoms. The highest BCUT2D eigenvalue weighted by Crippen LogP contribution is 2.20. The molecule has 0 N–H and O–H groups in total. The standard InChI is InChI=1S/C32H27NSSi/c1-25-22-26(24-33-27-14-6-2-7-15-27)32(34)31(23-25)35(28-16-8-3-9-17-28,29-18-10-4-11-19-29)30-20-12-5-13-21-30/h2-24,34H,1H3. The van der Waals surface area contributed by atoms with Gasteiger partial charge in [-0.1, -0.05) is 121 Å². The van der Waals surface area contributed by atoms with Crippen molar-refractivity contribution < 1.29 is 0 Å². The molecule has 35 heavy (non-hydrogen) atoms. The number of para-hydroxylation sites is 1. The minimum Gasteiger partial charge on any atom is -0.256 e. The van der Waals surface area contributed by atoms with Crippen molar-refractivity contribution in [3.63, 3.8) is 0 Å². The van der Waals surface area contributed by atoms with E-state index in [0.29, 0.717) is 0 Å². The van der Waals surface area contributed by atoms with E-state index in [2.05, 4.69) is 110 Å². The van der Waals surface area contributed by atoms with Crippen molar-refractivity contribution in [2.45, 2.75) is 11.8 Å². The van der Waals surface area contributed by atoms with Crippen LogP contribution in [0.5, 0.6) is 0 Å². The molecule has 3 heteroatoms. The largest absolute Gasteiger partial charge is 0.256 e. The summed E-state index contributed by atoms with van der Waals surface area (Å²) in [5.74, 6) is 0. The number of rotatable bonds is 6. The predicted molar refractivity (Wildman–Crippen MR) is 156 cm³/mol. The fraction of sp³-hybridized carbons (Fsp3) is 0.0312. The topological polar surface area (TPSA) is 12.4 Å².